The minimum atomic E-state index is 0.345. The first-order valence-corrected chi connectivity index (χ1v) is 5.25. The van der Waals surface area contributed by atoms with Crippen LogP contribution in [0.25, 0.3) is 11.0 Å². The molecule has 3 heteroatoms. The van der Waals surface area contributed by atoms with Crippen LogP contribution in [0, 0.1) is 13.8 Å². The van der Waals surface area contributed by atoms with Crippen LogP contribution in [-0.2, 0) is 0 Å². The highest BCUT2D eigenvalue weighted by Gasteiger charge is 2.11. The SMILES string of the molecule is Cc1cc2nc(N)n(C(C)C)c2cc1C. The predicted molar refractivity (Wildman–Crippen MR) is 64.0 cm³/mol. The molecule has 1 heterocycles. The second kappa shape index (κ2) is 3.26. The van der Waals surface area contributed by atoms with Crippen LogP contribution >= 0.6 is 0 Å². The molecule has 0 fully saturated rings. The molecule has 15 heavy (non-hydrogen) atoms. The number of benzene rings is 1. The van der Waals surface area contributed by atoms with Crippen molar-refractivity contribution in [2.24, 2.45) is 0 Å². The number of nitrogen functional groups attached to an aromatic ring is 1. The quantitative estimate of drug-likeness (QED) is 0.774. The Kier molecular flexibility index (Phi) is 2.18. The van der Waals surface area contributed by atoms with Gasteiger partial charge in [0.15, 0.2) is 0 Å². The van der Waals surface area contributed by atoms with Gasteiger partial charge in [-0.3, -0.25) is 0 Å². The molecule has 0 aliphatic heterocycles. The lowest BCUT2D eigenvalue weighted by atomic mass is 10.1. The first-order valence-electron chi connectivity index (χ1n) is 5.25. The van der Waals surface area contributed by atoms with E-state index in [0.29, 0.717) is 12.0 Å². The van der Waals surface area contributed by atoms with E-state index in [9.17, 15) is 0 Å². The Hall–Kier alpha value is -1.51. The molecule has 0 aliphatic carbocycles. The van der Waals surface area contributed by atoms with Gasteiger partial charge in [-0.2, -0.15) is 0 Å². The van der Waals surface area contributed by atoms with E-state index in [1.165, 1.54) is 11.1 Å². The maximum atomic E-state index is 5.91. The summed E-state index contributed by atoms with van der Waals surface area (Å²) in [5.74, 6) is 0.602. The Labute approximate surface area is 89.9 Å². The molecule has 2 N–H and O–H groups in total. The molecule has 0 radical (unpaired) electrons. The van der Waals surface area contributed by atoms with Crippen molar-refractivity contribution in [3.05, 3.63) is 23.3 Å². The second-order valence-electron chi connectivity index (χ2n) is 4.36. The van der Waals surface area contributed by atoms with E-state index in [2.05, 4.69) is 49.4 Å². The van der Waals surface area contributed by atoms with Gasteiger partial charge in [-0.1, -0.05) is 0 Å². The summed E-state index contributed by atoms with van der Waals surface area (Å²) in [6.45, 7) is 8.45. The van der Waals surface area contributed by atoms with Crippen LogP contribution in [0.15, 0.2) is 12.1 Å². The third-order valence-electron chi connectivity index (χ3n) is 2.85. The van der Waals surface area contributed by atoms with Gasteiger partial charge >= 0.3 is 0 Å². The maximum Gasteiger partial charge on any atom is 0.201 e. The maximum absolute atomic E-state index is 5.91. The summed E-state index contributed by atoms with van der Waals surface area (Å²) in [5, 5.41) is 0. The van der Waals surface area contributed by atoms with Crippen LogP contribution in [0.3, 0.4) is 0 Å². The monoisotopic (exact) mass is 203 g/mol. The minimum Gasteiger partial charge on any atom is -0.369 e. The molecular formula is C12H17N3. The van der Waals surface area contributed by atoms with E-state index in [4.69, 9.17) is 5.73 Å². The standard InChI is InChI=1S/C12H17N3/c1-7(2)15-11-6-9(4)8(3)5-10(11)14-12(15)13/h5-7H,1-4H3,(H2,13,14). The molecule has 0 saturated heterocycles. The van der Waals surface area contributed by atoms with Crippen LogP contribution in [-0.4, -0.2) is 9.55 Å². The summed E-state index contributed by atoms with van der Waals surface area (Å²) in [6.07, 6.45) is 0. The van der Waals surface area contributed by atoms with Crippen LogP contribution in [0.2, 0.25) is 0 Å². The summed E-state index contributed by atoms with van der Waals surface area (Å²) in [4.78, 5) is 4.38. The molecular weight excluding hydrogens is 186 g/mol. The summed E-state index contributed by atoms with van der Waals surface area (Å²) < 4.78 is 2.07. The zero-order valence-electron chi connectivity index (χ0n) is 9.70. The molecule has 0 aliphatic rings. The fraction of sp³-hybridized carbons (Fsp3) is 0.417. The molecule has 0 bridgehead atoms. The van der Waals surface area contributed by atoms with Gasteiger partial charge in [0.1, 0.15) is 0 Å². The number of fused-ring (bicyclic) bond motifs is 1. The van der Waals surface area contributed by atoms with Crippen LogP contribution < -0.4 is 5.73 Å². The molecule has 2 rings (SSSR count). The van der Waals surface area contributed by atoms with E-state index in [1.807, 2.05) is 0 Å². The van der Waals surface area contributed by atoms with Crippen molar-refractivity contribution in [2.45, 2.75) is 33.7 Å². The Morgan fingerprint density at radius 3 is 2.40 bits per heavy atom. The van der Waals surface area contributed by atoms with Gasteiger partial charge in [0.2, 0.25) is 5.95 Å². The van der Waals surface area contributed by atoms with E-state index < -0.39 is 0 Å². The highest BCUT2D eigenvalue weighted by atomic mass is 15.2. The number of rotatable bonds is 1. The number of aromatic nitrogens is 2. The van der Waals surface area contributed by atoms with Crippen molar-refractivity contribution in [3.8, 4) is 0 Å². The Balaban J connectivity index is 2.81. The van der Waals surface area contributed by atoms with Gasteiger partial charge in [-0.15, -0.1) is 0 Å². The third kappa shape index (κ3) is 1.48. The van der Waals surface area contributed by atoms with E-state index in [1.54, 1.807) is 0 Å². The summed E-state index contributed by atoms with van der Waals surface area (Å²) >= 11 is 0. The second-order valence-corrected chi connectivity index (χ2v) is 4.36. The fourth-order valence-electron chi connectivity index (χ4n) is 1.91. The van der Waals surface area contributed by atoms with Gasteiger partial charge in [0.25, 0.3) is 0 Å². The van der Waals surface area contributed by atoms with Crippen molar-refractivity contribution in [1.82, 2.24) is 9.55 Å². The topological polar surface area (TPSA) is 43.8 Å². The number of anilines is 1. The average Bonchev–Trinajstić information content (AvgIpc) is 2.41. The van der Waals surface area contributed by atoms with E-state index >= 15 is 0 Å². The van der Waals surface area contributed by atoms with Gasteiger partial charge < -0.3 is 10.3 Å². The lowest BCUT2D eigenvalue weighted by molar-refractivity contribution is 0.627. The summed E-state index contributed by atoms with van der Waals surface area (Å²) in [7, 11) is 0. The normalized spacial score (nSPS) is 11.5. The van der Waals surface area contributed by atoms with E-state index in [0.717, 1.165) is 11.0 Å². The molecule has 0 saturated carbocycles. The molecule has 1 aromatic carbocycles. The Morgan fingerprint density at radius 2 is 1.80 bits per heavy atom. The van der Waals surface area contributed by atoms with E-state index in [-0.39, 0.29) is 0 Å². The molecule has 80 valence electrons. The minimum absolute atomic E-state index is 0.345. The first-order chi connectivity index (χ1) is 7.00. The van der Waals surface area contributed by atoms with Crippen LogP contribution in [0.1, 0.15) is 31.0 Å². The predicted octanol–water partition coefficient (Wildman–Crippen LogP) is 2.82. The zero-order chi connectivity index (χ0) is 11.2. The summed E-state index contributed by atoms with van der Waals surface area (Å²) in [5.41, 5.74) is 10.6. The average molecular weight is 203 g/mol. The molecule has 3 nitrogen and oxygen atoms in total. The molecule has 0 amide bonds. The molecule has 0 atom stereocenters. The van der Waals surface area contributed by atoms with Gasteiger partial charge in [-0.25, -0.2) is 4.98 Å². The summed E-state index contributed by atoms with van der Waals surface area (Å²) in [6, 6.07) is 4.60. The number of hydrogen-bond donors (Lipinski definition) is 1. The van der Waals surface area contributed by atoms with Crippen LogP contribution in [0.5, 0.6) is 0 Å². The van der Waals surface area contributed by atoms with Crippen molar-refractivity contribution >= 4 is 17.0 Å². The fourth-order valence-corrected chi connectivity index (χ4v) is 1.91. The highest BCUT2D eigenvalue weighted by Crippen LogP contribution is 2.25. The van der Waals surface area contributed by atoms with Gasteiger partial charge in [-0.05, 0) is 51.0 Å². The molecule has 0 spiro atoms. The van der Waals surface area contributed by atoms with Crippen molar-refractivity contribution in [2.75, 3.05) is 5.73 Å². The molecule has 2 aromatic rings. The number of nitrogens with zero attached hydrogens (tertiary/aromatic N) is 2. The smallest absolute Gasteiger partial charge is 0.201 e. The zero-order valence-corrected chi connectivity index (χ0v) is 9.70. The van der Waals surface area contributed by atoms with Crippen molar-refractivity contribution in [3.63, 3.8) is 0 Å². The largest absolute Gasteiger partial charge is 0.369 e. The lowest BCUT2D eigenvalue weighted by Gasteiger charge is -2.10. The lowest BCUT2D eigenvalue weighted by Crippen LogP contribution is -2.05. The van der Waals surface area contributed by atoms with Gasteiger partial charge in [0, 0.05) is 6.04 Å². The first kappa shape index (κ1) is 10.0. The highest BCUT2D eigenvalue weighted by molar-refractivity contribution is 5.80. The number of imidazole rings is 1. The molecule has 1 aromatic heterocycles. The number of hydrogen-bond acceptors (Lipinski definition) is 2. The number of aryl methyl sites for hydroxylation is 2. The van der Waals surface area contributed by atoms with Crippen LogP contribution in [0.4, 0.5) is 5.95 Å². The van der Waals surface area contributed by atoms with Gasteiger partial charge in [0.05, 0.1) is 11.0 Å². The Morgan fingerprint density at radius 1 is 1.20 bits per heavy atom. The van der Waals surface area contributed by atoms with Crippen molar-refractivity contribution in [1.29, 1.82) is 0 Å². The molecule has 0 unspecified atom stereocenters. The third-order valence-corrected chi connectivity index (χ3v) is 2.85. The van der Waals surface area contributed by atoms with Crippen molar-refractivity contribution < 1.29 is 0 Å². The number of nitrogens with two attached hydrogens (primary N) is 1. The Bertz CT molecular complexity index is 509.